The molecule has 0 amide bonds. The van der Waals surface area contributed by atoms with Crippen molar-refractivity contribution in [1.29, 1.82) is 0 Å². The average Bonchev–Trinajstić information content (AvgIpc) is 3.06. The van der Waals surface area contributed by atoms with Gasteiger partial charge in [-0.05, 0) is 135 Å². The van der Waals surface area contributed by atoms with Crippen LogP contribution >= 0.6 is 0 Å². The van der Waals surface area contributed by atoms with Crippen LogP contribution in [0.5, 0.6) is 5.75 Å². The van der Waals surface area contributed by atoms with E-state index in [2.05, 4.69) is 32.1 Å². The molecule has 0 radical (unpaired) electrons. The monoisotopic (exact) mass is 720 g/mol. The van der Waals surface area contributed by atoms with Gasteiger partial charge in [0.05, 0.1) is 11.1 Å². The fourth-order valence-electron chi connectivity index (χ4n) is 10.9. The van der Waals surface area contributed by atoms with Crippen LogP contribution in [0.3, 0.4) is 0 Å². The van der Waals surface area contributed by atoms with E-state index in [9.17, 15) is 31.4 Å². The first-order valence-corrected chi connectivity index (χ1v) is 19.3. The third kappa shape index (κ3) is 9.25. The number of nitrogens with zero attached hydrogens (tertiary/aromatic N) is 3. The summed E-state index contributed by atoms with van der Waals surface area (Å²) in [6.45, 7) is 8.08. The van der Waals surface area contributed by atoms with E-state index in [1.807, 2.05) is 0 Å². The van der Waals surface area contributed by atoms with Crippen LogP contribution in [0.4, 0.5) is 26.3 Å². The SMILES string of the molecule is Oc1ccc(CC2CN(CCCCC3CNCCN3CCc3cc(C(F)(F)F)cc(C(F)(F)F)c3)CCN2CC23CC4CC(CC(C4)C2)C3)cc1. The van der Waals surface area contributed by atoms with Gasteiger partial charge in [-0.1, -0.05) is 18.6 Å². The van der Waals surface area contributed by atoms with Gasteiger partial charge in [0.2, 0.25) is 0 Å². The van der Waals surface area contributed by atoms with Crippen molar-refractivity contribution in [3.05, 3.63) is 64.7 Å². The normalized spacial score (nSPS) is 30.7. The Bertz CT molecular complexity index is 1390. The second-order valence-corrected chi connectivity index (χ2v) is 16.8. The third-order valence-electron chi connectivity index (χ3n) is 12.9. The molecule has 51 heavy (non-hydrogen) atoms. The summed E-state index contributed by atoms with van der Waals surface area (Å²) in [5, 5.41) is 13.3. The Balaban J connectivity index is 0.924. The second-order valence-electron chi connectivity index (χ2n) is 16.8. The van der Waals surface area contributed by atoms with Crippen LogP contribution in [0, 0.1) is 23.2 Å². The summed E-state index contributed by atoms with van der Waals surface area (Å²) in [6, 6.07) is 10.3. The number of phenolic OH excluding ortho intramolecular Hbond substituents is 1. The van der Waals surface area contributed by atoms with Crippen molar-refractivity contribution < 1.29 is 31.4 Å². The number of aromatic hydroxyl groups is 1. The molecule has 4 bridgehead atoms. The average molecular weight is 721 g/mol. The number of rotatable bonds is 12. The van der Waals surface area contributed by atoms with Crippen molar-refractivity contribution in [1.82, 2.24) is 20.0 Å². The molecule has 2 aromatic rings. The van der Waals surface area contributed by atoms with Gasteiger partial charge in [0.25, 0.3) is 0 Å². The molecule has 6 fully saturated rings. The number of phenols is 1. The molecule has 6 aliphatic rings. The number of hydrogen-bond acceptors (Lipinski definition) is 5. The van der Waals surface area contributed by atoms with Crippen LogP contribution in [0.15, 0.2) is 42.5 Å². The lowest BCUT2D eigenvalue weighted by molar-refractivity contribution is -0.143. The van der Waals surface area contributed by atoms with Gasteiger partial charge in [0.15, 0.2) is 0 Å². The highest BCUT2D eigenvalue weighted by Crippen LogP contribution is 2.60. The Morgan fingerprint density at radius 1 is 0.725 bits per heavy atom. The van der Waals surface area contributed by atoms with Crippen molar-refractivity contribution >= 4 is 0 Å². The minimum absolute atomic E-state index is 0.0682. The molecule has 4 saturated carbocycles. The number of nitrogens with one attached hydrogen (secondary N) is 1. The maximum atomic E-state index is 13.4. The lowest BCUT2D eigenvalue weighted by Gasteiger charge is -2.59. The molecular formula is C40H54F6N4O. The van der Waals surface area contributed by atoms with E-state index in [-0.39, 0.29) is 24.1 Å². The summed E-state index contributed by atoms with van der Waals surface area (Å²) < 4.78 is 80.4. The van der Waals surface area contributed by atoms with Gasteiger partial charge in [-0.3, -0.25) is 9.80 Å². The number of benzene rings is 2. The lowest BCUT2D eigenvalue weighted by Crippen LogP contribution is -2.59. The Hall–Kier alpha value is -2.34. The Kier molecular flexibility index (Phi) is 11.0. The number of alkyl halides is 6. The first kappa shape index (κ1) is 37.0. The van der Waals surface area contributed by atoms with E-state index in [1.165, 1.54) is 50.6 Å². The quantitative estimate of drug-likeness (QED) is 0.173. The summed E-state index contributed by atoms with van der Waals surface area (Å²) in [6.07, 6.45) is 3.04. The summed E-state index contributed by atoms with van der Waals surface area (Å²) >= 11 is 0. The molecule has 4 aliphatic carbocycles. The molecule has 2 aromatic carbocycles. The first-order valence-electron chi connectivity index (χ1n) is 19.3. The highest BCUT2D eigenvalue weighted by Gasteiger charge is 2.52. The summed E-state index contributed by atoms with van der Waals surface area (Å²) in [5.41, 5.74) is -0.671. The highest BCUT2D eigenvalue weighted by atomic mass is 19.4. The van der Waals surface area contributed by atoms with Gasteiger partial charge in [-0.25, -0.2) is 0 Å². The van der Waals surface area contributed by atoms with Crippen LogP contribution in [-0.2, 0) is 25.2 Å². The summed E-state index contributed by atoms with van der Waals surface area (Å²) in [5.74, 6) is 3.11. The van der Waals surface area contributed by atoms with E-state index in [0.717, 1.165) is 101 Å². The number of piperazine rings is 2. The van der Waals surface area contributed by atoms with Crippen LogP contribution in [0.1, 0.15) is 80.0 Å². The fourth-order valence-corrected chi connectivity index (χ4v) is 10.9. The van der Waals surface area contributed by atoms with Gasteiger partial charge in [-0.2, -0.15) is 26.3 Å². The molecule has 282 valence electrons. The van der Waals surface area contributed by atoms with Gasteiger partial charge in [0, 0.05) is 64.4 Å². The molecule has 0 spiro atoms. The molecule has 2 N–H and O–H groups in total. The highest BCUT2D eigenvalue weighted by molar-refractivity contribution is 5.34. The molecule has 5 nitrogen and oxygen atoms in total. The Morgan fingerprint density at radius 2 is 1.37 bits per heavy atom. The minimum atomic E-state index is -4.83. The zero-order chi connectivity index (χ0) is 35.8. The molecule has 11 heteroatoms. The molecule has 0 aromatic heterocycles. The maximum absolute atomic E-state index is 13.4. The van der Waals surface area contributed by atoms with Crippen molar-refractivity contribution in [2.45, 2.75) is 95.1 Å². The fraction of sp³-hybridized carbons (Fsp3) is 0.700. The number of unbranched alkanes of at least 4 members (excludes halogenated alkanes) is 1. The van der Waals surface area contributed by atoms with E-state index < -0.39 is 23.5 Å². The minimum Gasteiger partial charge on any atom is -0.508 e. The smallest absolute Gasteiger partial charge is 0.416 e. The summed E-state index contributed by atoms with van der Waals surface area (Å²) in [4.78, 5) is 7.66. The number of hydrogen-bond donors (Lipinski definition) is 2. The maximum Gasteiger partial charge on any atom is 0.416 e. The van der Waals surface area contributed by atoms with Gasteiger partial charge in [-0.15, -0.1) is 0 Å². The van der Waals surface area contributed by atoms with Crippen molar-refractivity contribution in [3.63, 3.8) is 0 Å². The van der Waals surface area contributed by atoms with Gasteiger partial charge in [0.1, 0.15) is 5.75 Å². The largest absolute Gasteiger partial charge is 0.508 e. The molecule has 8 rings (SSSR count). The Morgan fingerprint density at radius 3 is 2.00 bits per heavy atom. The second kappa shape index (κ2) is 15.2. The molecule has 2 saturated heterocycles. The zero-order valence-electron chi connectivity index (χ0n) is 29.6. The van der Waals surface area contributed by atoms with E-state index in [1.54, 1.807) is 12.1 Å². The van der Waals surface area contributed by atoms with Crippen LogP contribution < -0.4 is 5.32 Å². The van der Waals surface area contributed by atoms with Gasteiger partial charge < -0.3 is 15.3 Å². The van der Waals surface area contributed by atoms with E-state index >= 15 is 0 Å². The first-order chi connectivity index (χ1) is 24.3. The lowest BCUT2D eigenvalue weighted by atomic mass is 9.49. The predicted molar refractivity (Wildman–Crippen MR) is 186 cm³/mol. The Labute approximate surface area is 298 Å². The molecule has 2 unspecified atom stereocenters. The zero-order valence-corrected chi connectivity index (χ0v) is 29.6. The van der Waals surface area contributed by atoms with Gasteiger partial charge >= 0.3 is 12.4 Å². The van der Waals surface area contributed by atoms with Crippen molar-refractivity contribution in [2.24, 2.45) is 23.2 Å². The van der Waals surface area contributed by atoms with E-state index in [4.69, 9.17) is 0 Å². The third-order valence-corrected chi connectivity index (χ3v) is 12.9. The van der Waals surface area contributed by atoms with Crippen LogP contribution in [-0.4, -0.2) is 90.8 Å². The van der Waals surface area contributed by atoms with Crippen molar-refractivity contribution in [3.8, 4) is 5.75 Å². The molecule has 2 aliphatic heterocycles. The standard InChI is InChI=1S/C40H54F6N4O/c41-39(42,43)33-18-29(19-34(21-33)40(44,45)46)8-11-49-12-9-47-25-35(49)3-1-2-10-48-13-14-50(36(26-48)20-28-4-6-37(51)7-5-28)27-38-22-30-15-31(23-38)17-32(16-30)24-38/h4-7,18-19,21,30-32,35-36,47,51H,1-3,8-17,20,22-27H2. The van der Waals surface area contributed by atoms with E-state index in [0.29, 0.717) is 23.8 Å². The molecule has 2 heterocycles. The summed E-state index contributed by atoms with van der Waals surface area (Å²) in [7, 11) is 0. The molecular weight excluding hydrogens is 666 g/mol. The van der Waals surface area contributed by atoms with Crippen LogP contribution in [0.2, 0.25) is 0 Å². The predicted octanol–water partition coefficient (Wildman–Crippen LogP) is 7.86. The molecule has 2 atom stereocenters. The van der Waals surface area contributed by atoms with Crippen molar-refractivity contribution in [2.75, 3.05) is 58.9 Å². The van der Waals surface area contributed by atoms with Crippen LogP contribution in [0.25, 0.3) is 0 Å². The number of halogens is 6. The topological polar surface area (TPSA) is 42.0 Å².